The standard InChI is InChI=1S/C24H29ClFN3O4S/c1-24(2,3)27-34(31,32)18-8-10-22(33-4)21(12-18)29-16-6-7-17(29)14-28(13-16)23(30)19-9-5-15(26)11-20(19)25/h5,8-12,16-17,27H,6-7,13-14H2,1-4H3. The van der Waals surface area contributed by atoms with E-state index in [9.17, 15) is 17.6 Å². The zero-order valence-electron chi connectivity index (χ0n) is 19.6. The van der Waals surface area contributed by atoms with Gasteiger partial charge in [-0.05, 0) is 70.0 Å². The molecule has 2 fully saturated rings. The van der Waals surface area contributed by atoms with E-state index in [-0.39, 0.29) is 33.5 Å². The Labute approximate surface area is 204 Å². The van der Waals surface area contributed by atoms with Crippen LogP contribution in [0, 0.1) is 5.82 Å². The van der Waals surface area contributed by atoms with E-state index in [0.717, 1.165) is 18.9 Å². The molecule has 0 saturated carbocycles. The van der Waals surface area contributed by atoms with Gasteiger partial charge in [0.15, 0.2) is 0 Å². The number of piperazine rings is 1. The fraction of sp³-hybridized carbons (Fsp3) is 0.458. The topological polar surface area (TPSA) is 79.0 Å². The number of sulfonamides is 1. The highest BCUT2D eigenvalue weighted by Crippen LogP contribution is 2.41. The third-order valence-corrected chi connectivity index (χ3v) is 8.18. The molecule has 10 heteroatoms. The van der Waals surface area contributed by atoms with Crippen molar-refractivity contribution in [2.24, 2.45) is 0 Å². The quantitative estimate of drug-likeness (QED) is 0.657. The number of carbonyl (C=O) groups excluding carboxylic acids is 1. The lowest BCUT2D eigenvalue weighted by molar-refractivity contribution is 0.0718. The number of ether oxygens (including phenoxy) is 1. The summed E-state index contributed by atoms with van der Waals surface area (Å²) in [6.07, 6.45) is 1.71. The van der Waals surface area contributed by atoms with E-state index in [2.05, 4.69) is 9.62 Å². The van der Waals surface area contributed by atoms with Crippen LogP contribution in [0.15, 0.2) is 41.3 Å². The van der Waals surface area contributed by atoms with Crippen molar-refractivity contribution < 1.29 is 22.3 Å². The van der Waals surface area contributed by atoms with Crippen LogP contribution in [0.4, 0.5) is 10.1 Å². The zero-order valence-corrected chi connectivity index (χ0v) is 21.2. The molecule has 2 saturated heterocycles. The van der Waals surface area contributed by atoms with Crippen LogP contribution in [0.5, 0.6) is 5.75 Å². The van der Waals surface area contributed by atoms with Crippen LogP contribution in [0.25, 0.3) is 0 Å². The Kier molecular flexibility index (Phi) is 6.56. The number of anilines is 1. The van der Waals surface area contributed by atoms with E-state index in [4.69, 9.17) is 16.3 Å². The third-order valence-electron chi connectivity index (χ3n) is 6.11. The molecule has 2 aliphatic heterocycles. The summed E-state index contributed by atoms with van der Waals surface area (Å²) < 4.78 is 47.6. The molecule has 7 nitrogen and oxygen atoms in total. The Balaban J connectivity index is 1.62. The minimum Gasteiger partial charge on any atom is -0.495 e. The summed E-state index contributed by atoms with van der Waals surface area (Å²) in [6, 6.07) is 8.61. The number of nitrogens with zero attached hydrogens (tertiary/aromatic N) is 2. The van der Waals surface area contributed by atoms with Gasteiger partial charge in [0.25, 0.3) is 5.91 Å². The normalized spacial score (nSPS) is 20.5. The van der Waals surface area contributed by atoms with Gasteiger partial charge in [-0.25, -0.2) is 17.5 Å². The SMILES string of the molecule is COc1ccc(S(=O)(=O)NC(C)(C)C)cc1N1C2CCC1CN(C(=O)c1ccc(F)cc1Cl)C2. The van der Waals surface area contributed by atoms with Crippen molar-refractivity contribution in [3.8, 4) is 5.75 Å². The summed E-state index contributed by atoms with van der Waals surface area (Å²) >= 11 is 6.12. The summed E-state index contributed by atoms with van der Waals surface area (Å²) in [4.78, 5) is 17.2. The third kappa shape index (κ3) is 4.87. The number of carbonyl (C=O) groups is 1. The molecule has 1 amide bonds. The molecule has 2 aromatic rings. The molecule has 2 atom stereocenters. The van der Waals surface area contributed by atoms with Crippen LogP contribution in [-0.4, -0.2) is 57.0 Å². The highest BCUT2D eigenvalue weighted by atomic mass is 35.5. The highest BCUT2D eigenvalue weighted by Gasteiger charge is 2.43. The zero-order chi connectivity index (χ0) is 24.8. The molecule has 0 aliphatic carbocycles. The monoisotopic (exact) mass is 509 g/mol. The van der Waals surface area contributed by atoms with E-state index >= 15 is 0 Å². The van der Waals surface area contributed by atoms with Gasteiger partial charge in [0.1, 0.15) is 11.6 Å². The molecule has 2 aromatic carbocycles. The average Bonchev–Trinajstić information content (AvgIpc) is 2.99. The predicted octanol–water partition coefficient (Wildman–Crippen LogP) is 4.06. The van der Waals surface area contributed by atoms with Gasteiger partial charge in [0, 0.05) is 30.7 Å². The van der Waals surface area contributed by atoms with Crippen LogP contribution in [-0.2, 0) is 10.0 Å². The largest absolute Gasteiger partial charge is 0.495 e. The molecule has 1 N–H and O–H groups in total. The van der Waals surface area contributed by atoms with Crippen LogP contribution in [0.3, 0.4) is 0 Å². The maximum Gasteiger partial charge on any atom is 0.255 e. The first-order valence-electron chi connectivity index (χ1n) is 11.1. The molecule has 2 heterocycles. The lowest BCUT2D eigenvalue weighted by Gasteiger charge is -2.43. The van der Waals surface area contributed by atoms with Crippen molar-refractivity contribution in [1.29, 1.82) is 0 Å². The van der Waals surface area contributed by atoms with Gasteiger partial charge in [-0.1, -0.05) is 11.6 Å². The van der Waals surface area contributed by atoms with Gasteiger partial charge in [0.05, 0.1) is 28.3 Å². The fourth-order valence-corrected chi connectivity index (χ4v) is 6.48. The van der Waals surface area contributed by atoms with Crippen LogP contribution in [0.1, 0.15) is 44.0 Å². The van der Waals surface area contributed by atoms with E-state index in [1.165, 1.54) is 18.2 Å². The first kappa shape index (κ1) is 24.8. The van der Waals surface area contributed by atoms with Crippen molar-refractivity contribution in [3.63, 3.8) is 0 Å². The number of rotatable bonds is 5. The van der Waals surface area contributed by atoms with Gasteiger partial charge < -0.3 is 14.5 Å². The minimum atomic E-state index is -3.73. The molecule has 0 aromatic heterocycles. The van der Waals surface area contributed by atoms with Crippen molar-refractivity contribution >= 4 is 33.2 Å². The molecule has 184 valence electrons. The fourth-order valence-electron chi connectivity index (χ4n) is 4.80. The highest BCUT2D eigenvalue weighted by molar-refractivity contribution is 7.89. The summed E-state index contributed by atoms with van der Waals surface area (Å²) in [7, 11) is -2.18. The predicted molar refractivity (Wildman–Crippen MR) is 130 cm³/mol. The number of nitrogens with one attached hydrogen (secondary N) is 1. The second-order valence-electron chi connectivity index (χ2n) is 9.82. The van der Waals surface area contributed by atoms with Gasteiger partial charge in [0.2, 0.25) is 10.0 Å². The summed E-state index contributed by atoms with van der Waals surface area (Å²) in [5, 5.41) is 0.0886. The maximum absolute atomic E-state index is 13.4. The molecule has 2 bridgehead atoms. The maximum atomic E-state index is 13.4. The lowest BCUT2D eigenvalue weighted by atomic mass is 10.1. The van der Waals surface area contributed by atoms with E-state index in [1.807, 2.05) is 0 Å². The molecule has 2 aliphatic rings. The summed E-state index contributed by atoms with van der Waals surface area (Å²) in [5.41, 5.74) is 0.347. The van der Waals surface area contributed by atoms with Crippen LogP contribution in [0.2, 0.25) is 5.02 Å². The molecule has 2 unspecified atom stereocenters. The van der Waals surface area contributed by atoms with Gasteiger partial charge in [-0.15, -0.1) is 0 Å². The number of benzene rings is 2. The van der Waals surface area contributed by atoms with Gasteiger partial charge in [-0.2, -0.15) is 0 Å². The smallest absolute Gasteiger partial charge is 0.255 e. The summed E-state index contributed by atoms with van der Waals surface area (Å²) in [6.45, 7) is 6.27. The van der Waals surface area contributed by atoms with Gasteiger partial charge in [-0.3, -0.25) is 4.79 Å². The number of fused-ring (bicyclic) bond motifs is 2. The summed E-state index contributed by atoms with van der Waals surface area (Å²) in [5.74, 6) is -0.151. The van der Waals surface area contributed by atoms with Gasteiger partial charge >= 0.3 is 0 Å². The van der Waals surface area contributed by atoms with E-state index < -0.39 is 21.4 Å². The second-order valence-corrected chi connectivity index (χ2v) is 11.9. The lowest BCUT2D eigenvalue weighted by Crippen LogP contribution is -2.55. The number of likely N-dealkylation sites (tertiary alicyclic amines) is 1. The Bertz CT molecular complexity index is 1200. The second kappa shape index (κ2) is 9.02. The minimum absolute atomic E-state index is 0.00986. The number of hydrogen-bond acceptors (Lipinski definition) is 5. The molecule has 0 radical (unpaired) electrons. The molecular weight excluding hydrogens is 481 g/mol. The Hall–Kier alpha value is -2.36. The first-order chi connectivity index (χ1) is 15.9. The molecular formula is C24H29ClFN3O4S. The Morgan fingerprint density at radius 1 is 1.12 bits per heavy atom. The van der Waals surface area contributed by atoms with Crippen molar-refractivity contribution in [2.75, 3.05) is 25.1 Å². The number of hydrogen-bond donors (Lipinski definition) is 1. The van der Waals surface area contributed by atoms with E-state index in [0.29, 0.717) is 24.5 Å². The van der Waals surface area contributed by atoms with Crippen LogP contribution < -0.4 is 14.4 Å². The molecule has 0 spiro atoms. The molecule has 4 rings (SSSR count). The number of halogens is 2. The van der Waals surface area contributed by atoms with Crippen LogP contribution >= 0.6 is 11.6 Å². The van der Waals surface area contributed by atoms with Crippen molar-refractivity contribution in [3.05, 3.63) is 52.8 Å². The van der Waals surface area contributed by atoms with E-state index in [1.54, 1.807) is 44.9 Å². The first-order valence-corrected chi connectivity index (χ1v) is 13.0. The number of methoxy groups -OCH3 is 1. The van der Waals surface area contributed by atoms with Crippen molar-refractivity contribution in [1.82, 2.24) is 9.62 Å². The number of amides is 1. The van der Waals surface area contributed by atoms with Crippen molar-refractivity contribution in [2.45, 2.75) is 56.1 Å². The Morgan fingerprint density at radius 2 is 1.76 bits per heavy atom. The molecule has 34 heavy (non-hydrogen) atoms. The Morgan fingerprint density at radius 3 is 2.32 bits per heavy atom. The average molecular weight is 510 g/mol.